The molecule has 0 unspecified atom stereocenters. The van der Waals surface area contributed by atoms with E-state index in [9.17, 15) is 8.42 Å². The van der Waals surface area contributed by atoms with Crippen LogP contribution in [0.25, 0.3) is 0 Å². The van der Waals surface area contributed by atoms with Crippen molar-refractivity contribution in [1.82, 2.24) is 0 Å². The number of methoxy groups -OCH3 is 4. The Kier molecular flexibility index (Phi) is 5.90. The lowest BCUT2D eigenvalue weighted by Gasteiger charge is -2.15. The minimum Gasteiger partial charge on any atom is -0.493 e. The van der Waals surface area contributed by atoms with Crippen molar-refractivity contribution in [3.05, 3.63) is 12.1 Å². The highest BCUT2D eigenvalue weighted by atomic mass is 32.2. The normalized spacial score (nSPS) is 11.0. The summed E-state index contributed by atoms with van der Waals surface area (Å²) in [5.74, 6) is 1.00. The second kappa shape index (κ2) is 7.20. The fourth-order valence-corrected chi connectivity index (χ4v) is 2.53. The van der Waals surface area contributed by atoms with Crippen molar-refractivity contribution < 1.29 is 27.4 Å². The quantitative estimate of drug-likeness (QED) is 0.774. The van der Waals surface area contributed by atoms with Gasteiger partial charge in [-0.1, -0.05) is 0 Å². The Bertz CT molecular complexity index is 518. The van der Waals surface area contributed by atoms with Gasteiger partial charge in [-0.2, -0.15) is 0 Å². The topological polar surface area (TPSA) is 83.1 Å². The van der Waals surface area contributed by atoms with E-state index in [1.807, 2.05) is 0 Å². The molecular weight excluding hydrogens is 286 g/mol. The largest absolute Gasteiger partial charge is 0.493 e. The highest BCUT2D eigenvalue weighted by Gasteiger charge is 2.16. The van der Waals surface area contributed by atoms with Crippen LogP contribution in [0.15, 0.2) is 12.1 Å². The standard InChI is InChI=1S/C12H19NO6S/c1-16-5-6-20(14,15)13-9-7-10(17-2)12(19-4)11(8-9)18-3/h7-8,13H,5-6H2,1-4H3. The summed E-state index contributed by atoms with van der Waals surface area (Å²) in [6.45, 7) is 0.111. The van der Waals surface area contributed by atoms with E-state index in [2.05, 4.69) is 4.72 Å². The molecule has 1 aromatic rings. The molecular formula is C12H19NO6S. The molecule has 0 aliphatic rings. The highest BCUT2D eigenvalue weighted by molar-refractivity contribution is 7.92. The van der Waals surface area contributed by atoms with Gasteiger partial charge in [0.25, 0.3) is 0 Å². The molecule has 0 atom stereocenters. The molecule has 20 heavy (non-hydrogen) atoms. The van der Waals surface area contributed by atoms with Crippen LogP contribution in [-0.4, -0.2) is 49.2 Å². The average Bonchev–Trinajstić information content (AvgIpc) is 2.43. The molecule has 1 rings (SSSR count). The molecule has 1 aromatic carbocycles. The van der Waals surface area contributed by atoms with Gasteiger partial charge >= 0.3 is 0 Å². The van der Waals surface area contributed by atoms with Crippen LogP contribution in [0.5, 0.6) is 17.2 Å². The average molecular weight is 305 g/mol. The molecule has 0 fully saturated rings. The number of sulfonamides is 1. The van der Waals surface area contributed by atoms with Crippen LogP contribution in [0, 0.1) is 0 Å². The number of anilines is 1. The predicted octanol–water partition coefficient (Wildman–Crippen LogP) is 1.10. The molecule has 7 nitrogen and oxygen atoms in total. The van der Waals surface area contributed by atoms with E-state index < -0.39 is 10.0 Å². The maximum absolute atomic E-state index is 11.8. The molecule has 0 saturated carbocycles. The SMILES string of the molecule is COCCS(=O)(=O)Nc1cc(OC)c(OC)c(OC)c1. The van der Waals surface area contributed by atoms with Crippen LogP contribution in [0.4, 0.5) is 5.69 Å². The summed E-state index contributed by atoms with van der Waals surface area (Å²) in [4.78, 5) is 0. The molecule has 0 aliphatic carbocycles. The van der Waals surface area contributed by atoms with Crippen molar-refractivity contribution in [2.45, 2.75) is 0 Å². The zero-order valence-electron chi connectivity index (χ0n) is 11.9. The van der Waals surface area contributed by atoms with E-state index >= 15 is 0 Å². The van der Waals surface area contributed by atoms with Gasteiger partial charge in [0.15, 0.2) is 11.5 Å². The van der Waals surface area contributed by atoms with E-state index in [0.29, 0.717) is 22.9 Å². The third-order valence-electron chi connectivity index (χ3n) is 2.49. The number of ether oxygens (including phenoxy) is 4. The summed E-state index contributed by atoms with van der Waals surface area (Å²) >= 11 is 0. The maximum Gasteiger partial charge on any atom is 0.235 e. The third-order valence-corrected chi connectivity index (χ3v) is 3.75. The second-order valence-corrected chi connectivity index (χ2v) is 5.67. The molecule has 0 heterocycles. The first-order chi connectivity index (χ1) is 9.47. The first kappa shape index (κ1) is 16.4. The van der Waals surface area contributed by atoms with Gasteiger partial charge < -0.3 is 18.9 Å². The Labute approximate surface area is 118 Å². The Morgan fingerprint density at radius 3 is 1.95 bits per heavy atom. The predicted molar refractivity (Wildman–Crippen MR) is 75.4 cm³/mol. The minimum atomic E-state index is -3.49. The van der Waals surface area contributed by atoms with Crippen LogP contribution in [0.2, 0.25) is 0 Å². The molecule has 114 valence electrons. The lowest BCUT2D eigenvalue weighted by atomic mass is 10.2. The van der Waals surface area contributed by atoms with Crippen LogP contribution in [0.1, 0.15) is 0 Å². The molecule has 0 aromatic heterocycles. The molecule has 1 N–H and O–H groups in total. The van der Waals surface area contributed by atoms with E-state index in [-0.39, 0.29) is 12.4 Å². The van der Waals surface area contributed by atoms with Gasteiger partial charge in [0.1, 0.15) is 0 Å². The second-order valence-electron chi connectivity index (χ2n) is 3.83. The Hall–Kier alpha value is -1.67. The van der Waals surface area contributed by atoms with Gasteiger partial charge in [-0.3, -0.25) is 4.72 Å². The number of benzene rings is 1. The summed E-state index contributed by atoms with van der Waals surface area (Å²) in [7, 11) is 2.34. The van der Waals surface area contributed by atoms with Crippen LogP contribution in [-0.2, 0) is 14.8 Å². The summed E-state index contributed by atoms with van der Waals surface area (Å²) in [6.07, 6.45) is 0. The van der Waals surface area contributed by atoms with Crippen molar-refractivity contribution in [2.24, 2.45) is 0 Å². The van der Waals surface area contributed by atoms with Gasteiger partial charge in [-0.25, -0.2) is 8.42 Å². The number of nitrogens with one attached hydrogen (secondary N) is 1. The lowest BCUT2D eigenvalue weighted by Crippen LogP contribution is -2.19. The van der Waals surface area contributed by atoms with Gasteiger partial charge in [0.05, 0.1) is 39.4 Å². The smallest absolute Gasteiger partial charge is 0.235 e. The lowest BCUT2D eigenvalue weighted by molar-refractivity contribution is 0.217. The van der Waals surface area contributed by atoms with E-state index in [0.717, 1.165) is 0 Å². The molecule has 0 aliphatic heterocycles. The summed E-state index contributed by atoms with van der Waals surface area (Å²) < 4.78 is 46.3. The molecule has 0 radical (unpaired) electrons. The van der Waals surface area contributed by atoms with E-state index in [4.69, 9.17) is 18.9 Å². The molecule has 0 bridgehead atoms. The van der Waals surface area contributed by atoms with Crippen LogP contribution < -0.4 is 18.9 Å². The molecule has 8 heteroatoms. The zero-order valence-corrected chi connectivity index (χ0v) is 12.7. The first-order valence-corrected chi connectivity index (χ1v) is 7.42. The van der Waals surface area contributed by atoms with Gasteiger partial charge in [-0.05, 0) is 0 Å². The van der Waals surface area contributed by atoms with Crippen LogP contribution >= 0.6 is 0 Å². The van der Waals surface area contributed by atoms with Gasteiger partial charge in [0.2, 0.25) is 15.8 Å². The Balaban J connectivity index is 3.08. The fraction of sp³-hybridized carbons (Fsp3) is 0.500. The molecule has 0 saturated heterocycles. The third kappa shape index (κ3) is 4.17. The molecule has 0 spiro atoms. The monoisotopic (exact) mass is 305 g/mol. The number of rotatable bonds is 8. The van der Waals surface area contributed by atoms with Crippen molar-refractivity contribution in [1.29, 1.82) is 0 Å². The van der Waals surface area contributed by atoms with Gasteiger partial charge in [0, 0.05) is 19.2 Å². The van der Waals surface area contributed by atoms with Crippen molar-refractivity contribution in [3.63, 3.8) is 0 Å². The van der Waals surface area contributed by atoms with E-state index in [1.165, 1.54) is 40.6 Å². The summed E-state index contributed by atoms with van der Waals surface area (Å²) in [6, 6.07) is 3.04. The zero-order chi connectivity index (χ0) is 15.2. The summed E-state index contributed by atoms with van der Waals surface area (Å²) in [5, 5.41) is 0. The molecule has 0 amide bonds. The maximum atomic E-state index is 11.8. The van der Waals surface area contributed by atoms with E-state index in [1.54, 1.807) is 0 Å². The minimum absolute atomic E-state index is 0.111. The number of hydrogen-bond acceptors (Lipinski definition) is 6. The first-order valence-electron chi connectivity index (χ1n) is 5.76. The fourth-order valence-electron chi connectivity index (χ4n) is 1.56. The Morgan fingerprint density at radius 1 is 1.00 bits per heavy atom. The van der Waals surface area contributed by atoms with Crippen LogP contribution in [0.3, 0.4) is 0 Å². The highest BCUT2D eigenvalue weighted by Crippen LogP contribution is 2.40. The van der Waals surface area contributed by atoms with Crippen molar-refractivity contribution >= 4 is 15.7 Å². The van der Waals surface area contributed by atoms with Gasteiger partial charge in [-0.15, -0.1) is 0 Å². The Morgan fingerprint density at radius 2 is 1.55 bits per heavy atom. The van der Waals surface area contributed by atoms with Crippen molar-refractivity contribution in [3.8, 4) is 17.2 Å². The summed E-state index contributed by atoms with van der Waals surface area (Å²) in [5.41, 5.74) is 0.329. The van der Waals surface area contributed by atoms with Crippen molar-refractivity contribution in [2.75, 3.05) is 45.5 Å². The number of hydrogen-bond donors (Lipinski definition) is 1.